The van der Waals surface area contributed by atoms with Crippen LogP contribution in [-0.4, -0.2) is 17.6 Å². The maximum Gasteiger partial charge on any atom is 0.170 e. The molecule has 0 bridgehead atoms. The van der Waals surface area contributed by atoms with E-state index in [0.29, 0.717) is 5.92 Å². The molecular weight excluding hydrogens is 202 g/mol. The maximum absolute atomic E-state index is 8.51. The fourth-order valence-corrected chi connectivity index (χ4v) is 1.36. The predicted molar refractivity (Wildman–Crippen MR) is 65.5 cm³/mol. The lowest BCUT2D eigenvalue weighted by atomic mass is 10.1. The standard InChI is InChI=1S/C12H19N3O/c1-9(2)7-14-8-10-3-5-11(6-4-10)12(13)15-16/h3-6,9,14,16H,7-8H2,1-2H3,(H2,13,15). The Morgan fingerprint density at radius 1 is 1.38 bits per heavy atom. The van der Waals surface area contributed by atoms with Crippen molar-refractivity contribution in [2.24, 2.45) is 16.8 Å². The van der Waals surface area contributed by atoms with Crippen LogP contribution in [0.15, 0.2) is 29.4 Å². The fraction of sp³-hybridized carbons (Fsp3) is 0.417. The minimum Gasteiger partial charge on any atom is -0.409 e. The Morgan fingerprint density at radius 2 is 2.00 bits per heavy atom. The summed E-state index contributed by atoms with van der Waals surface area (Å²) < 4.78 is 0. The molecule has 0 aliphatic carbocycles. The van der Waals surface area contributed by atoms with Crippen molar-refractivity contribution in [2.45, 2.75) is 20.4 Å². The van der Waals surface area contributed by atoms with Crippen LogP contribution in [0.4, 0.5) is 0 Å². The first kappa shape index (κ1) is 12.5. The van der Waals surface area contributed by atoms with E-state index in [9.17, 15) is 0 Å². The second kappa shape index (κ2) is 6.12. The summed E-state index contributed by atoms with van der Waals surface area (Å²) in [4.78, 5) is 0. The van der Waals surface area contributed by atoms with Gasteiger partial charge in [0.1, 0.15) is 0 Å². The molecule has 0 aliphatic rings. The van der Waals surface area contributed by atoms with E-state index in [2.05, 4.69) is 24.3 Å². The first-order valence-corrected chi connectivity index (χ1v) is 5.41. The van der Waals surface area contributed by atoms with Crippen molar-refractivity contribution >= 4 is 5.84 Å². The minimum absolute atomic E-state index is 0.140. The molecule has 1 rings (SSSR count). The Kier molecular flexibility index (Phi) is 4.79. The van der Waals surface area contributed by atoms with E-state index in [4.69, 9.17) is 10.9 Å². The molecular formula is C12H19N3O. The summed E-state index contributed by atoms with van der Waals surface area (Å²) in [5, 5.41) is 14.8. The second-order valence-corrected chi connectivity index (χ2v) is 4.21. The highest BCUT2D eigenvalue weighted by atomic mass is 16.4. The van der Waals surface area contributed by atoms with E-state index in [1.807, 2.05) is 24.3 Å². The summed E-state index contributed by atoms with van der Waals surface area (Å²) in [6.07, 6.45) is 0. The zero-order valence-corrected chi connectivity index (χ0v) is 9.77. The molecule has 16 heavy (non-hydrogen) atoms. The highest BCUT2D eigenvalue weighted by Gasteiger charge is 1.99. The minimum atomic E-state index is 0.140. The molecule has 1 aromatic carbocycles. The van der Waals surface area contributed by atoms with Gasteiger partial charge in [0.15, 0.2) is 5.84 Å². The van der Waals surface area contributed by atoms with Crippen LogP contribution in [0.25, 0.3) is 0 Å². The number of rotatable bonds is 5. The molecule has 4 nitrogen and oxygen atoms in total. The summed E-state index contributed by atoms with van der Waals surface area (Å²) in [5.41, 5.74) is 7.39. The van der Waals surface area contributed by atoms with Gasteiger partial charge in [-0.1, -0.05) is 43.3 Å². The molecule has 0 heterocycles. The topological polar surface area (TPSA) is 70.6 Å². The molecule has 0 unspecified atom stereocenters. The highest BCUT2D eigenvalue weighted by Crippen LogP contribution is 2.04. The van der Waals surface area contributed by atoms with Crippen molar-refractivity contribution in [1.82, 2.24) is 5.32 Å². The molecule has 0 amide bonds. The Morgan fingerprint density at radius 3 is 2.50 bits per heavy atom. The summed E-state index contributed by atoms with van der Waals surface area (Å²) in [7, 11) is 0. The third kappa shape index (κ3) is 3.90. The van der Waals surface area contributed by atoms with Gasteiger partial charge in [-0.25, -0.2) is 0 Å². The molecule has 4 N–H and O–H groups in total. The smallest absolute Gasteiger partial charge is 0.170 e. The van der Waals surface area contributed by atoms with E-state index in [1.54, 1.807) is 0 Å². The van der Waals surface area contributed by atoms with Crippen molar-refractivity contribution in [2.75, 3.05) is 6.54 Å². The predicted octanol–water partition coefficient (Wildman–Crippen LogP) is 1.53. The van der Waals surface area contributed by atoms with Crippen LogP contribution in [0.1, 0.15) is 25.0 Å². The summed E-state index contributed by atoms with van der Waals surface area (Å²) in [6, 6.07) is 7.64. The molecule has 0 fully saturated rings. The summed E-state index contributed by atoms with van der Waals surface area (Å²) >= 11 is 0. The molecule has 0 saturated carbocycles. The van der Waals surface area contributed by atoms with Gasteiger partial charge in [-0.2, -0.15) is 0 Å². The average Bonchev–Trinajstić information content (AvgIpc) is 2.28. The molecule has 0 aliphatic heterocycles. The van der Waals surface area contributed by atoms with E-state index in [-0.39, 0.29) is 5.84 Å². The second-order valence-electron chi connectivity index (χ2n) is 4.21. The molecule has 0 spiro atoms. The van der Waals surface area contributed by atoms with Gasteiger partial charge < -0.3 is 16.3 Å². The number of amidine groups is 1. The van der Waals surface area contributed by atoms with Crippen LogP contribution in [0.3, 0.4) is 0 Å². The lowest BCUT2D eigenvalue weighted by Crippen LogP contribution is -2.19. The molecule has 1 aromatic rings. The number of nitrogens with two attached hydrogens (primary N) is 1. The normalized spacial score (nSPS) is 12.1. The quantitative estimate of drug-likeness (QED) is 0.305. The molecule has 88 valence electrons. The van der Waals surface area contributed by atoms with Crippen molar-refractivity contribution in [3.63, 3.8) is 0 Å². The average molecular weight is 221 g/mol. The van der Waals surface area contributed by atoms with Crippen LogP contribution in [0.2, 0.25) is 0 Å². The van der Waals surface area contributed by atoms with Crippen LogP contribution in [0.5, 0.6) is 0 Å². The van der Waals surface area contributed by atoms with Gasteiger partial charge in [-0.3, -0.25) is 0 Å². The van der Waals surface area contributed by atoms with Crippen LogP contribution in [0, 0.1) is 5.92 Å². The maximum atomic E-state index is 8.51. The van der Waals surface area contributed by atoms with E-state index in [0.717, 1.165) is 18.7 Å². The monoisotopic (exact) mass is 221 g/mol. The van der Waals surface area contributed by atoms with Gasteiger partial charge in [0.2, 0.25) is 0 Å². The number of hydrogen-bond acceptors (Lipinski definition) is 3. The molecule has 0 saturated heterocycles. The zero-order valence-electron chi connectivity index (χ0n) is 9.77. The van der Waals surface area contributed by atoms with Gasteiger partial charge in [0.05, 0.1) is 0 Å². The number of nitrogens with zero attached hydrogens (tertiary/aromatic N) is 1. The number of hydrogen-bond donors (Lipinski definition) is 3. The fourth-order valence-electron chi connectivity index (χ4n) is 1.36. The van der Waals surface area contributed by atoms with Crippen LogP contribution >= 0.6 is 0 Å². The van der Waals surface area contributed by atoms with Crippen molar-refractivity contribution in [1.29, 1.82) is 0 Å². The molecule has 0 atom stereocenters. The SMILES string of the molecule is CC(C)CNCc1ccc(C(N)=NO)cc1. The lowest BCUT2D eigenvalue weighted by molar-refractivity contribution is 0.318. The van der Waals surface area contributed by atoms with Crippen LogP contribution < -0.4 is 11.1 Å². The van der Waals surface area contributed by atoms with Crippen molar-refractivity contribution in [3.8, 4) is 0 Å². The Labute approximate surface area is 96.2 Å². The highest BCUT2D eigenvalue weighted by molar-refractivity contribution is 5.96. The summed E-state index contributed by atoms with van der Waals surface area (Å²) in [5.74, 6) is 0.790. The largest absolute Gasteiger partial charge is 0.409 e. The van der Waals surface area contributed by atoms with Crippen LogP contribution in [-0.2, 0) is 6.54 Å². The zero-order chi connectivity index (χ0) is 12.0. The Bertz CT molecular complexity index is 344. The molecule has 4 heteroatoms. The van der Waals surface area contributed by atoms with Crippen molar-refractivity contribution < 1.29 is 5.21 Å². The third-order valence-corrected chi connectivity index (χ3v) is 2.24. The van der Waals surface area contributed by atoms with Gasteiger partial charge >= 0.3 is 0 Å². The first-order valence-electron chi connectivity index (χ1n) is 5.41. The Hall–Kier alpha value is -1.55. The van der Waals surface area contributed by atoms with E-state index >= 15 is 0 Å². The number of benzene rings is 1. The van der Waals surface area contributed by atoms with Gasteiger partial charge in [0, 0.05) is 12.1 Å². The van der Waals surface area contributed by atoms with Gasteiger partial charge in [-0.15, -0.1) is 0 Å². The summed E-state index contributed by atoms with van der Waals surface area (Å²) in [6.45, 7) is 6.19. The molecule has 0 aromatic heterocycles. The Balaban J connectivity index is 2.52. The third-order valence-electron chi connectivity index (χ3n) is 2.24. The van der Waals surface area contributed by atoms with Gasteiger partial charge in [0.25, 0.3) is 0 Å². The lowest BCUT2D eigenvalue weighted by Gasteiger charge is -2.07. The van der Waals surface area contributed by atoms with E-state index < -0.39 is 0 Å². The molecule has 0 radical (unpaired) electrons. The van der Waals surface area contributed by atoms with E-state index in [1.165, 1.54) is 5.56 Å². The first-order chi connectivity index (χ1) is 7.63. The van der Waals surface area contributed by atoms with Gasteiger partial charge in [-0.05, 0) is 18.0 Å². The number of nitrogens with one attached hydrogen (secondary N) is 1. The van der Waals surface area contributed by atoms with Crippen molar-refractivity contribution in [3.05, 3.63) is 35.4 Å². The number of oxime groups is 1.